The van der Waals surface area contributed by atoms with Crippen molar-refractivity contribution in [3.05, 3.63) is 40.9 Å². The van der Waals surface area contributed by atoms with Crippen LogP contribution in [0.4, 0.5) is 5.69 Å². The lowest BCUT2D eigenvalue weighted by molar-refractivity contribution is -0.142. The molecule has 1 fully saturated rings. The van der Waals surface area contributed by atoms with Crippen LogP contribution in [0, 0.1) is 30.6 Å². The predicted octanol–water partition coefficient (Wildman–Crippen LogP) is 2.76. The molecule has 1 saturated heterocycles. The van der Waals surface area contributed by atoms with E-state index in [0.717, 1.165) is 5.56 Å². The van der Waals surface area contributed by atoms with Gasteiger partial charge in [-0.05, 0) is 37.3 Å². The third kappa shape index (κ3) is 4.16. The molecule has 0 aromatic heterocycles. The number of carbonyl (C=O) groups excluding carboxylic acids is 3. The number of halogens is 1. The monoisotopic (exact) mass is 461 g/mol. The van der Waals surface area contributed by atoms with Crippen molar-refractivity contribution in [3.8, 4) is 0 Å². The normalized spacial score (nSPS) is 27.8. The molecule has 1 aromatic rings. The van der Waals surface area contributed by atoms with Gasteiger partial charge in [0, 0.05) is 13.0 Å². The zero-order chi connectivity index (χ0) is 23.6. The van der Waals surface area contributed by atoms with Crippen LogP contribution in [0.2, 0.25) is 5.02 Å². The smallest absolute Gasteiger partial charge is 0.247 e. The number of nitrogens with one attached hydrogen (secondary N) is 2. The molecular weight excluding hydrogens is 430 g/mol. The van der Waals surface area contributed by atoms with Gasteiger partial charge in [-0.2, -0.15) is 0 Å². The fourth-order valence-electron chi connectivity index (χ4n) is 5.15. The van der Waals surface area contributed by atoms with Gasteiger partial charge in [0.1, 0.15) is 6.04 Å². The van der Waals surface area contributed by atoms with E-state index < -0.39 is 29.8 Å². The van der Waals surface area contributed by atoms with Crippen molar-refractivity contribution in [1.29, 1.82) is 0 Å². The maximum Gasteiger partial charge on any atom is 0.247 e. The van der Waals surface area contributed by atoms with Gasteiger partial charge in [-0.25, -0.2) is 0 Å². The predicted molar refractivity (Wildman–Crippen MR) is 124 cm³/mol. The van der Waals surface area contributed by atoms with E-state index in [9.17, 15) is 19.5 Å². The second kappa shape index (κ2) is 10.0. The summed E-state index contributed by atoms with van der Waals surface area (Å²) in [6.07, 6.45) is 5.06. The van der Waals surface area contributed by atoms with Crippen molar-refractivity contribution in [1.82, 2.24) is 10.2 Å². The number of aryl methyl sites for hydroxylation is 1. The van der Waals surface area contributed by atoms with Crippen LogP contribution in [-0.2, 0) is 14.4 Å². The number of aliphatic hydroxyl groups is 1. The number of fused-ring (bicyclic) bond motifs is 1. The van der Waals surface area contributed by atoms with Gasteiger partial charge < -0.3 is 20.6 Å². The third-order valence-corrected chi connectivity index (χ3v) is 7.20. The van der Waals surface area contributed by atoms with Crippen LogP contribution in [0.25, 0.3) is 0 Å². The van der Waals surface area contributed by atoms with Crippen molar-refractivity contribution in [2.45, 2.75) is 45.7 Å². The molecule has 0 spiro atoms. The van der Waals surface area contributed by atoms with Crippen LogP contribution in [0.15, 0.2) is 30.4 Å². The molecule has 2 aliphatic rings. The fraction of sp³-hybridized carbons (Fsp3) is 0.542. The number of amides is 3. The molecule has 3 rings (SSSR count). The Morgan fingerprint density at radius 1 is 1.22 bits per heavy atom. The zero-order valence-electron chi connectivity index (χ0n) is 19.0. The topological polar surface area (TPSA) is 98.7 Å². The Morgan fingerprint density at radius 2 is 1.94 bits per heavy atom. The molecule has 0 saturated carbocycles. The number of nitrogens with zero attached hydrogens (tertiary/aromatic N) is 1. The first-order valence-corrected chi connectivity index (χ1v) is 11.6. The van der Waals surface area contributed by atoms with Crippen LogP contribution >= 0.6 is 11.6 Å². The van der Waals surface area contributed by atoms with Crippen LogP contribution < -0.4 is 10.6 Å². The first-order chi connectivity index (χ1) is 15.3. The van der Waals surface area contributed by atoms with Crippen molar-refractivity contribution in [3.63, 3.8) is 0 Å². The van der Waals surface area contributed by atoms with Gasteiger partial charge in [0.05, 0.1) is 35.2 Å². The number of para-hydroxylation sites is 1. The number of rotatable bonds is 7. The lowest BCUT2D eigenvalue weighted by Crippen LogP contribution is -2.50. The maximum absolute atomic E-state index is 13.7. The van der Waals surface area contributed by atoms with Crippen LogP contribution in [0.5, 0.6) is 0 Å². The molecule has 32 heavy (non-hydrogen) atoms. The van der Waals surface area contributed by atoms with Gasteiger partial charge in [0.25, 0.3) is 0 Å². The number of anilines is 1. The lowest BCUT2D eigenvalue weighted by atomic mass is 9.69. The highest BCUT2D eigenvalue weighted by Gasteiger charge is 2.58. The number of hydrogen-bond donors (Lipinski definition) is 3. The minimum Gasteiger partial charge on any atom is -0.394 e. The number of carbonyl (C=O) groups is 3. The Labute approximate surface area is 194 Å². The number of allylic oxidation sites excluding steroid dienone is 1. The molecule has 0 radical (unpaired) electrons. The van der Waals surface area contributed by atoms with E-state index in [2.05, 4.69) is 10.6 Å². The van der Waals surface area contributed by atoms with E-state index in [1.54, 1.807) is 19.2 Å². The number of aliphatic hydroxyl groups excluding tert-OH is 1. The van der Waals surface area contributed by atoms with Crippen LogP contribution in [0.3, 0.4) is 0 Å². The highest BCUT2D eigenvalue weighted by Crippen LogP contribution is 2.46. The Kier molecular flexibility index (Phi) is 7.62. The van der Waals surface area contributed by atoms with Gasteiger partial charge in [-0.1, -0.05) is 49.7 Å². The van der Waals surface area contributed by atoms with Gasteiger partial charge >= 0.3 is 0 Å². The summed E-state index contributed by atoms with van der Waals surface area (Å²) in [5, 5.41) is 16.0. The van der Waals surface area contributed by atoms with Crippen molar-refractivity contribution >= 4 is 35.0 Å². The van der Waals surface area contributed by atoms with Gasteiger partial charge in [0.2, 0.25) is 17.7 Å². The molecule has 3 N–H and O–H groups in total. The summed E-state index contributed by atoms with van der Waals surface area (Å²) >= 11 is 6.32. The Morgan fingerprint density at radius 3 is 2.50 bits per heavy atom. The molecule has 0 unspecified atom stereocenters. The summed E-state index contributed by atoms with van der Waals surface area (Å²) in [6.45, 7) is 5.43. The summed E-state index contributed by atoms with van der Waals surface area (Å²) < 4.78 is 0. The van der Waals surface area contributed by atoms with Gasteiger partial charge in [-0.15, -0.1) is 0 Å². The average Bonchev–Trinajstić information content (AvgIpc) is 3.08. The first kappa shape index (κ1) is 24.3. The molecule has 6 atom stereocenters. The molecule has 1 heterocycles. The summed E-state index contributed by atoms with van der Waals surface area (Å²) in [5.41, 5.74) is 1.31. The Hall–Kier alpha value is -2.38. The minimum absolute atomic E-state index is 0.0937. The maximum atomic E-state index is 13.7. The number of likely N-dealkylation sites (tertiary alicyclic amines) is 1. The second-order valence-electron chi connectivity index (χ2n) is 8.56. The van der Waals surface area contributed by atoms with E-state index in [1.807, 2.05) is 39.0 Å². The molecule has 8 heteroatoms. The molecular formula is C24H32ClN3O4. The molecule has 0 bridgehead atoms. The second-order valence-corrected chi connectivity index (χ2v) is 8.96. The number of hydrogen-bond acceptors (Lipinski definition) is 4. The molecule has 174 valence electrons. The van der Waals surface area contributed by atoms with Gasteiger partial charge in [-0.3, -0.25) is 14.4 Å². The highest BCUT2D eigenvalue weighted by molar-refractivity contribution is 6.34. The Balaban J connectivity index is 2.06. The Bertz CT molecular complexity index is 894. The molecule has 3 amide bonds. The molecule has 1 aromatic carbocycles. The largest absolute Gasteiger partial charge is 0.394 e. The van der Waals surface area contributed by atoms with Gasteiger partial charge in [0.15, 0.2) is 0 Å². The van der Waals surface area contributed by atoms with E-state index in [1.165, 1.54) is 4.90 Å². The van der Waals surface area contributed by atoms with E-state index in [4.69, 9.17) is 11.6 Å². The van der Waals surface area contributed by atoms with Crippen LogP contribution in [0.1, 0.15) is 32.3 Å². The number of benzene rings is 1. The standard InChI is InChI=1S/C24H32ClN3O4/c1-5-14-10-11-16-19(18(14)22(30)26-4)24(32)28(15(6-2)12-29)21(16)23(31)27-20-13(3)8-7-9-17(20)25/h7-11,14-16,18-19,21,29H,5-6,12H2,1-4H3,(H,26,30)(H,27,31)/t14-,15+,16+,18-,19-,21+/m1/s1. The van der Waals surface area contributed by atoms with E-state index >= 15 is 0 Å². The van der Waals surface area contributed by atoms with E-state index in [0.29, 0.717) is 23.6 Å². The first-order valence-electron chi connectivity index (χ1n) is 11.2. The highest BCUT2D eigenvalue weighted by atomic mass is 35.5. The average molecular weight is 462 g/mol. The lowest BCUT2D eigenvalue weighted by Gasteiger charge is -2.34. The summed E-state index contributed by atoms with van der Waals surface area (Å²) in [5.74, 6) is -2.63. The summed E-state index contributed by atoms with van der Waals surface area (Å²) in [4.78, 5) is 41.6. The quantitative estimate of drug-likeness (QED) is 0.544. The van der Waals surface area contributed by atoms with Crippen molar-refractivity contribution < 1.29 is 19.5 Å². The summed E-state index contributed by atoms with van der Waals surface area (Å²) in [6, 6.07) is 3.98. The SMILES string of the molecule is CC[C@@H](CO)N1C(=O)[C@@H]2[C@H](C=C[C@@H](CC)[C@H]2C(=O)NC)[C@H]1C(=O)Nc1c(C)cccc1Cl. The summed E-state index contributed by atoms with van der Waals surface area (Å²) in [7, 11) is 1.56. The molecule has 7 nitrogen and oxygen atoms in total. The van der Waals surface area contributed by atoms with Crippen molar-refractivity contribution in [2.75, 3.05) is 19.0 Å². The van der Waals surface area contributed by atoms with Crippen molar-refractivity contribution in [2.24, 2.45) is 23.7 Å². The zero-order valence-corrected chi connectivity index (χ0v) is 19.7. The molecule has 1 aliphatic heterocycles. The molecule has 1 aliphatic carbocycles. The van der Waals surface area contributed by atoms with Crippen LogP contribution in [-0.4, -0.2) is 53.5 Å². The third-order valence-electron chi connectivity index (χ3n) is 6.88. The fourth-order valence-corrected chi connectivity index (χ4v) is 5.42. The minimum atomic E-state index is -0.846. The van der Waals surface area contributed by atoms with E-state index in [-0.39, 0.29) is 30.2 Å².